The van der Waals surface area contributed by atoms with E-state index in [1.54, 1.807) is 0 Å². The lowest BCUT2D eigenvalue weighted by Gasteiger charge is -2.20. The monoisotopic (exact) mass is 268 g/mol. The van der Waals surface area contributed by atoms with Crippen molar-refractivity contribution in [2.75, 3.05) is 6.61 Å². The number of carboxylic acid groups (broad SMARTS) is 1. The molecule has 6 nitrogen and oxygen atoms in total. The van der Waals surface area contributed by atoms with Crippen LogP contribution in [0, 0.1) is 5.92 Å². The summed E-state index contributed by atoms with van der Waals surface area (Å²) in [6.07, 6.45) is 4.84. The average Bonchev–Trinajstić information content (AvgIpc) is 2.76. The average molecular weight is 268 g/mol. The standard InChI is InChI=1S/C13H20N2O4/c1-9(7-13(16)17)6-12-14-11(15-19-12)8-10-4-2-3-5-18-10/h9-10H,2-8H2,1H3,(H,16,17). The molecular weight excluding hydrogens is 248 g/mol. The van der Waals surface area contributed by atoms with Gasteiger partial charge in [0.1, 0.15) is 0 Å². The molecule has 1 aromatic heterocycles. The number of carboxylic acids is 1. The van der Waals surface area contributed by atoms with Gasteiger partial charge < -0.3 is 14.4 Å². The predicted octanol–water partition coefficient (Wildman–Crippen LogP) is 1.83. The second-order valence-corrected chi connectivity index (χ2v) is 5.20. The van der Waals surface area contributed by atoms with E-state index in [-0.39, 0.29) is 18.4 Å². The van der Waals surface area contributed by atoms with Crippen LogP contribution in [0.25, 0.3) is 0 Å². The van der Waals surface area contributed by atoms with Gasteiger partial charge in [-0.1, -0.05) is 12.1 Å². The summed E-state index contributed by atoms with van der Waals surface area (Å²) in [6.45, 7) is 2.67. The molecule has 0 spiro atoms. The second-order valence-electron chi connectivity index (χ2n) is 5.20. The van der Waals surface area contributed by atoms with Gasteiger partial charge in [0.2, 0.25) is 5.89 Å². The molecule has 0 amide bonds. The number of ether oxygens (including phenoxy) is 1. The number of aromatic nitrogens is 2. The van der Waals surface area contributed by atoms with Gasteiger partial charge in [0, 0.05) is 25.9 Å². The fourth-order valence-electron chi connectivity index (χ4n) is 2.30. The molecule has 1 aromatic rings. The molecule has 2 atom stereocenters. The fourth-order valence-corrected chi connectivity index (χ4v) is 2.30. The first-order valence-electron chi connectivity index (χ1n) is 6.78. The van der Waals surface area contributed by atoms with Crippen molar-refractivity contribution >= 4 is 5.97 Å². The number of carbonyl (C=O) groups is 1. The normalized spacial score (nSPS) is 21.2. The molecule has 1 saturated heterocycles. The van der Waals surface area contributed by atoms with Crippen molar-refractivity contribution in [1.82, 2.24) is 10.1 Å². The Balaban J connectivity index is 1.82. The third-order valence-electron chi connectivity index (χ3n) is 3.24. The molecule has 106 valence electrons. The second kappa shape index (κ2) is 6.65. The summed E-state index contributed by atoms with van der Waals surface area (Å²) in [4.78, 5) is 14.9. The molecule has 2 rings (SSSR count). The zero-order chi connectivity index (χ0) is 13.7. The highest BCUT2D eigenvalue weighted by Gasteiger charge is 2.19. The summed E-state index contributed by atoms with van der Waals surface area (Å²) in [7, 11) is 0. The van der Waals surface area contributed by atoms with Gasteiger partial charge in [0.25, 0.3) is 0 Å². The molecule has 0 saturated carbocycles. The first-order valence-corrected chi connectivity index (χ1v) is 6.78. The maximum absolute atomic E-state index is 10.6. The molecule has 2 heterocycles. The van der Waals surface area contributed by atoms with Gasteiger partial charge in [0.15, 0.2) is 5.82 Å². The molecular formula is C13H20N2O4. The Morgan fingerprint density at radius 3 is 3.05 bits per heavy atom. The van der Waals surface area contributed by atoms with E-state index in [0.717, 1.165) is 19.4 Å². The van der Waals surface area contributed by atoms with Crippen LogP contribution >= 0.6 is 0 Å². The lowest BCUT2D eigenvalue weighted by Crippen LogP contribution is -2.21. The van der Waals surface area contributed by atoms with Crippen molar-refractivity contribution in [2.45, 2.75) is 51.6 Å². The van der Waals surface area contributed by atoms with Gasteiger partial charge in [-0.2, -0.15) is 4.98 Å². The van der Waals surface area contributed by atoms with E-state index in [9.17, 15) is 4.79 Å². The Kier molecular flexibility index (Phi) is 4.90. The minimum absolute atomic E-state index is 0.00303. The minimum Gasteiger partial charge on any atom is -0.481 e. The van der Waals surface area contributed by atoms with Crippen LogP contribution in [0.4, 0.5) is 0 Å². The summed E-state index contributed by atoms with van der Waals surface area (Å²) in [5.41, 5.74) is 0. The number of aliphatic carboxylic acids is 1. The lowest BCUT2D eigenvalue weighted by atomic mass is 10.0. The molecule has 6 heteroatoms. The van der Waals surface area contributed by atoms with Gasteiger partial charge in [-0.05, 0) is 25.2 Å². The van der Waals surface area contributed by atoms with Gasteiger partial charge in [-0.3, -0.25) is 4.79 Å². The van der Waals surface area contributed by atoms with E-state index in [4.69, 9.17) is 14.4 Å². The van der Waals surface area contributed by atoms with Gasteiger partial charge in [-0.15, -0.1) is 0 Å². The molecule has 2 unspecified atom stereocenters. The molecule has 0 aromatic carbocycles. The SMILES string of the molecule is CC(CC(=O)O)Cc1nc(CC2CCCCO2)no1. The number of hydrogen-bond donors (Lipinski definition) is 1. The maximum Gasteiger partial charge on any atom is 0.303 e. The van der Waals surface area contributed by atoms with E-state index in [1.807, 2.05) is 6.92 Å². The lowest BCUT2D eigenvalue weighted by molar-refractivity contribution is -0.137. The molecule has 19 heavy (non-hydrogen) atoms. The van der Waals surface area contributed by atoms with E-state index >= 15 is 0 Å². The Hall–Kier alpha value is -1.43. The van der Waals surface area contributed by atoms with E-state index in [2.05, 4.69) is 10.1 Å². The zero-order valence-corrected chi connectivity index (χ0v) is 11.2. The summed E-state index contributed by atoms with van der Waals surface area (Å²) in [6, 6.07) is 0. The largest absolute Gasteiger partial charge is 0.481 e. The van der Waals surface area contributed by atoms with Crippen molar-refractivity contribution in [3.63, 3.8) is 0 Å². The van der Waals surface area contributed by atoms with Crippen LogP contribution in [-0.4, -0.2) is 33.9 Å². The number of nitrogens with zero attached hydrogens (tertiary/aromatic N) is 2. The molecule has 1 fully saturated rings. The van der Waals surface area contributed by atoms with Gasteiger partial charge in [0.05, 0.1) is 6.10 Å². The fraction of sp³-hybridized carbons (Fsp3) is 0.769. The molecule has 0 radical (unpaired) electrons. The smallest absolute Gasteiger partial charge is 0.303 e. The van der Waals surface area contributed by atoms with Gasteiger partial charge in [-0.25, -0.2) is 0 Å². The van der Waals surface area contributed by atoms with Crippen LogP contribution < -0.4 is 0 Å². The first kappa shape index (κ1) is 14.0. The maximum atomic E-state index is 10.6. The van der Waals surface area contributed by atoms with Crippen molar-refractivity contribution < 1.29 is 19.2 Å². The Morgan fingerprint density at radius 2 is 2.37 bits per heavy atom. The van der Waals surface area contributed by atoms with Crippen LogP contribution in [0.15, 0.2) is 4.52 Å². The van der Waals surface area contributed by atoms with Crippen molar-refractivity contribution in [2.24, 2.45) is 5.92 Å². The van der Waals surface area contributed by atoms with Crippen LogP contribution in [0.3, 0.4) is 0 Å². The molecule has 1 aliphatic heterocycles. The highest BCUT2D eigenvalue weighted by molar-refractivity contribution is 5.66. The molecule has 1 N–H and O–H groups in total. The van der Waals surface area contributed by atoms with E-state index in [0.29, 0.717) is 24.6 Å². The third-order valence-corrected chi connectivity index (χ3v) is 3.24. The summed E-state index contributed by atoms with van der Waals surface area (Å²) < 4.78 is 10.8. The van der Waals surface area contributed by atoms with Crippen LogP contribution in [0.2, 0.25) is 0 Å². The predicted molar refractivity (Wildman–Crippen MR) is 66.7 cm³/mol. The molecule has 0 aliphatic carbocycles. The van der Waals surface area contributed by atoms with E-state index < -0.39 is 5.97 Å². The first-order chi connectivity index (χ1) is 9.13. The third kappa shape index (κ3) is 4.63. The Morgan fingerprint density at radius 1 is 1.53 bits per heavy atom. The van der Waals surface area contributed by atoms with Crippen LogP contribution in [-0.2, 0) is 22.4 Å². The van der Waals surface area contributed by atoms with Crippen molar-refractivity contribution in [1.29, 1.82) is 0 Å². The number of rotatable bonds is 6. The quantitative estimate of drug-likeness (QED) is 0.847. The summed E-state index contributed by atoms with van der Waals surface area (Å²) in [5.74, 6) is 0.364. The van der Waals surface area contributed by atoms with Gasteiger partial charge >= 0.3 is 5.97 Å². The van der Waals surface area contributed by atoms with Crippen molar-refractivity contribution in [3.8, 4) is 0 Å². The topological polar surface area (TPSA) is 85.5 Å². The molecule has 0 bridgehead atoms. The minimum atomic E-state index is -0.803. The van der Waals surface area contributed by atoms with Crippen molar-refractivity contribution in [3.05, 3.63) is 11.7 Å². The Labute approximate surface area is 112 Å². The number of hydrogen-bond acceptors (Lipinski definition) is 5. The Bertz CT molecular complexity index is 413. The highest BCUT2D eigenvalue weighted by Crippen LogP contribution is 2.17. The van der Waals surface area contributed by atoms with Crippen LogP contribution in [0.5, 0.6) is 0 Å². The summed E-state index contributed by atoms with van der Waals surface area (Å²) >= 11 is 0. The highest BCUT2D eigenvalue weighted by atomic mass is 16.5. The van der Waals surface area contributed by atoms with Crippen LogP contribution in [0.1, 0.15) is 44.3 Å². The summed E-state index contributed by atoms with van der Waals surface area (Å²) in [5, 5.41) is 12.6. The van der Waals surface area contributed by atoms with E-state index in [1.165, 1.54) is 6.42 Å². The molecule has 1 aliphatic rings. The zero-order valence-electron chi connectivity index (χ0n) is 11.2.